The van der Waals surface area contributed by atoms with Crippen LogP contribution in [-0.4, -0.2) is 20.9 Å². The zero-order valence-corrected chi connectivity index (χ0v) is 10.8. The van der Waals surface area contributed by atoms with E-state index in [4.69, 9.17) is 10.2 Å². The summed E-state index contributed by atoms with van der Waals surface area (Å²) in [7, 11) is 0. The summed E-state index contributed by atoms with van der Waals surface area (Å²) in [6, 6.07) is 5.27. The van der Waals surface area contributed by atoms with Crippen LogP contribution in [0.3, 0.4) is 0 Å². The molecule has 0 heterocycles. The molecular formula is C10H13BrO3S. The zero-order chi connectivity index (χ0) is 11.6. The maximum Gasteiger partial charge on any atom is 0.206 e. The van der Waals surface area contributed by atoms with E-state index in [0.29, 0.717) is 0 Å². The summed E-state index contributed by atoms with van der Waals surface area (Å²) in [5.74, 6) is 0. The van der Waals surface area contributed by atoms with Gasteiger partial charge in [0.1, 0.15) is 0 Å². The monoisotopic (exact) mass is 292 g/mol. The molecule has 5 heteroatoms. The number of hydrogen-bond donors (Lipinski definition) is 3. The highest BCUT2D eigenvalue weighted by Gasteiger charge is 2.17. The van der Waals surface area contributed by atoms with Crippen LogP contribution in [0.5, 0.6) is 0 Å². The summed E-state index contributed by atoms with van der Waals surface area (Å²) in [5, 5.41) is 27.4. The Morgan fingerprint density at radius 2 is 1.93 bits per heavy atom. The van der Waals surface area contributed by atoms with Gasteiger partial charge >= 0.3 is 0 Å². The highest BCUT2D eigenvalue weighted by Crippen LogP contribution is 2.32. The second-order valence-corrected chi connectivity index (χ2v) is 5.60. The maximum absolute atomic E-state index is 9.76. The Labute approximate surface area is 101 Å². The fraction of sp³-hybridized carbons (Fsp3) is 0.400. The van der Waals surface area contributed by atoms with Crippen molar-refractivity contribution in [2.24, 2.45) is 0 Å². The summed E-state index contributed by atoms with van der Waals surface area (Å²) in [6.45, 7) is 3.39. The van der Waals surface area contributed by atoms with E-state index in [1.165, 1.54) is 0 Å². The first-order valence-corrected chi connectivity index (χ1v) is 6.03. The Hall–Kier alpha value is -0.0700. The Morgan fingerprint density at radius 3 is 2.33 bits per heavy atom. The predicted molar refractivity (Wildman–Crippen MR) is 63.5 cm³/mol. The molecule has 3 N–H and O–H groups in total. The van der Waals surface area contributed by atoms with Gasteiger partial charge in [0.05, 0.1) is 5.60 Å². The minimum absolute atomic E-state index is 0.720. The van der Waals surface area contributed by atoms with Crippen LogP contribution < -0.4 is 0 Å². The highest BCUT2D eigenvalue weighted by molar-refractivity contribution is 9.10. The molecule has 0 aliphatic carbocycles. The molecule has 84 valence electrons. The molecule has 1 aromatic rings. The lowest BCUT2D eigenvalue weighted by Crippen LogP contribution is -2.15. The van der Waals surface area contributed by atoms with Gasteiger partial charge in [-0.25, -0.2) is 0 Å². The van der Waals surface area contributed by atoms with E-state index in [0.717, 1.165) is 26.7 Å². The molecule has 0 spiro atoms. The van der Waals surface area contributed by atoms with Crippen molar-refractivity contribution in [3.63, 3.8) is 0 Å². The summed E-state index contributed by atoms with van der Waals surface area (Å²) in [6.07, 6.45) is 0. The smallest absolute Gasteiger partial charge is 0.206 e. The van der Waals surface area contributed by atoms with E-state index in [1.54, 1.807) is 32.0 Å². The molecule has 0 fully saturated rings. The van der Waals surface area contributed by atoms with E-state index in [2.05, 4.69) is 15.9 Å². The third kappa shape index (κ3) is 3.77. The van der Waals surface area contributed by atoms with Crippen LogP contribution in [0.25, 0.3) is 0 Å². The molecule has 1 aromatic carbocycles. The highest BCUT2D eigenvalue weighted by atomic mass is 79.9. The molecule has 0 unspecified atom stereocenters. The third-order valence-electron chi connectivity index (χ3n) is 1.87. The number of aliphatic hydroxyl groups excluding tert-OH is 1. The van der Waals surface area contributed by atoms with Crippen molar-refractivity contribution >= 4 is 27.7 Å². The summed E-state index contributed by atoms with van der Waals surface area (Å²) < 4.78 is 0.736. The Morgan fingerprint density at radius 1 is 1.33 bits per heavy atom. The first kappa shape index (κ1) is 13.0. The van der Waals surface area contributed by atoms with Gasteiger partial charge in [0, 0.05) is 9.37 Å². The zero-order valence-electron chi connectivity index (χ0n) is 8.44. The van der Waals surface area contributed by atoms with Crippen molar-refractivity contribution in [2.45, 2.75) is 30.0 Å². The maximum atomic E-state index is 9.76. The average Bonchev–Trinajstić information content (AvgIpc) is 2.05. The minimum Gasteiger partial charge on any atom is -0.386 e. The van der Waals surface area contributed by atoms with Gasteiger partial charge < -0.3 is 15.3 Å². The summed E-state index contributed by atoms with van der Waals surface area (Å²) >= 11 is 4.24. The van der Waals surface area contributed by atoms with E-state index in [-0.39, 0.29) is 0 Å². The molecule has 3 nitrogen and oxygen atoms in total. The number of thioether (sulfide) groups is 1. The standard InChI is InChI=1S/C10H13BrO3S/c1-10(2,14)6-3-4-8(7(11)5-6)15-9(12)13/h3-5,9,12-14H,1-2H3. The van der Waals surface area contributed by atoms with Crippen molar-refractivity contribution in [1.29, 1.82) is 0 Å². The number of rotatable bonds is 3. The second-order valence-electron chi connectivity index (χ2n) is 3.65. The van der Waals surface area contributed by atoms with Crippen molar-refractivity contribution in [3.8, 4) is 0 Å². The Balaban J connectivity index is 2.98. The largest absolute Gasteiger partial charge is 0.386 e. The molecular weight excluding hydrogens is 280 g/mol. The number of hydrogen-bond acceptors (Lipinski definition) is 4. The molecule has 0 aliphatic rings. The topological polar surface area (TPSA) is 60.7 Å². The first-order valence-electron chi connectivity index (χ1n) is 4.36. The number of benzene rings is 1. The lowest BCUT2D eigenvalue weighted by molar-refractivity contribution is 0.0405. The molecule has 0 amide bonds. The number of aliphatic hydroxyl groups is 3. The van der Waals surface area contributed by atoms with Crippen molar-refractivity contribution in [3.05, 3.63) is 28.2 Å². The average molecular weight is 293 g/mol. The van der Waals surface area contributed by atoms with E-state index < -0.39 is 11.2 Å². The van der Waals surface area contributed by atoms with Gasteiger partial charge in [0.2, 0.25) is 5.62 Å². The lowest BCUT2D eigenvalue weighted by Gasteiger charge is -2.18. The van der Waals surface area contributed by atoms with Gasteiger partial charge in [0.25, 0.3) is 0 Å². The molecule has 0 bridgehead atoms. The van der Waals surface area contributed by atoms with Crippen molar-refractivity contribution in [2.75, 3.05) is 0 Å². The van der Waals surface area contributed by atoms with Crippen LogP contribution in [0, 0.1) is 0 Å². The summed E-state index contributed by atoms with van der Waals surface area (Å²) in [5.41, 5.74) is -1.57. The molecule has 0 aromatic heterocycles. The van der Waals surface area contributed by atoms with Gasteiger partial charge in [0.15, 0.2) is 0 Å². The van der Waals surface area contributed by atoms with E-state index >= 15 is 0 Å². The third-order valence-corrected chi connectivity index (χ3v) is 3.61. The van der Waals surface area contributed by atoms with Crippen molar-refractivity contribution < 1.29 is 15.3 Å². The molecule has 0 saturated carbocycles. The van der Waals surface area contributed by atoms with E-state index in [9.17, 15) is 5.11 Å². The number of halogens is 1. The van der Waals surface area contributed by atoms with Gasteiger partial charge in [-0.05, 0) is 47.5 Å². The fourth-order valence-corrected chi connectivity index (χ4v) is 2.29. The van der Waals surface area contributed by atoms with Crippen LogP contribution >= 0.6 is 27.7 Å². The van der Waals surface area contributed by atoms with Crippen LogP contribution in [0.2, 0.25) is 0 Å². The molecule has 0 radical (unpaired) electrons. The van der Waals surface area contributed by atoms with Crippen LogP contribution in [0.1, 0.15) is 19.4 Å². The molecule has 15 heavy (non-hydrogen) atoms. The predicted octanol–water partition coefficient (Wildman–Crippen LogP) is 2.04. The fourth-order valence-electron chi connectivity index (χ4n) is 1.09. The SMILES string of the molecule is CC(C)(O)c1ccc(SC(O)O)c(Br)c1. The van der Waals surface area contributed by atoms with E-state index in [1.807, 2.05) is 0 Å². The minimum atomic E-state index is -1.44. The van der Waals surface area contributed by atoms with Gasteiger partial charge in [-0.1, -0.05) is 17.8 Å². The molecule has 0 saturated heterocycles. The summed E-state index contributed by atoms with van der Waals surface area (Å²) in [4.78, 5) is 0.720. The lowest BCUT2D eigenvalue weighted by atomic mass is 9.99. The molecule has 0 atom stereocenters. The Kier molecular flexibility index (Phi) is 4.20. The van der Waals surface area contributed by atoms with Crippen molar-refractivity contribution in [1.82, 2.24) is 0 Å². The normalized spacial score (nSPS) is 12.2. The quantitative estimate of drug-likeness (QED) is 0.589. The second kappa shape index (κ2) is 4.84. The molecule has 1 rings (SSSR count). The molecule has 0 aliphatic heterocycles. The van der Waals surface area contributed by atoms with Crippen LogP contribution in [-0.2, 0) is 5.60 Å². The Bertz CT molecular complexity index is 347. The van der Waals surface area contributed by atoms with Gasteiger partial charge in [-0.3, -0.25) is 0 Å². The van der Waals surface area contributed by atoms with Gasteiger partial charge in [-0.2, -0.15) is 0 Å². The first-order chi connectivity index (χ1) is 6.80. The van der Waals surface area contributed by atoms with Gasteiger partial charge in [-0.15, -0.1) is 0 Å². The van der Waals surface area contributed by atoms with Crippen LogP contribution in [0.4, 0.5) is 0 Å². The van der Waals surface area contributed by atoms with Crippen LogP contribution in [0.15, 0.2) is 27.6 Å².